The van der Waals surface area contributed by atoms with E-state index in [9.17, 15) is 4.79 Å². The van der Waals surface area contributed by atoms with E-state index < -0.39 is 0 Å². The van der Waals surface area contributed by atoms with Crippen molar-refractivity contribution in [2.24, 2.45) is 24.6 Å². The van der Waals surface area contributed by atoms with Crippen LogP contribution < -0.4 is 5.73 Å². The first-order valence-corrected chi connectivity index (χ1v) is 8.73. The lowest BCUT2D eigenvalue weighted by molar-refractivity contribution is -0.121. The molecule has 8 nitrogen and oxygen atoms in total. The lowest BCUT2D eigenvalue weighted by atomic mass is 9.89. The van der Waals surface area contributed by atoms with Gasteiger partial charge in [0.1, 0.15) is 12.2 Å². The first-order chi connectivity index (χ1) is 11.9. The van der Waals surface area contributed by atoms with E-state index in [1.165, 1.54) is 0 Å². The first-order valence-electron chi connectivity index (χ1n) is 8.73. The molecule has 0 aliphatic carbocycles. The second-order valence-electron chi connectivity index (χ2n) is 7.37. The van der Waals surface area contributed by atoms with Crippen LogP contribution in [0.5, 0.6) is 0 Å². The summed E-state index contributed by atoms with van der Waals surface area (Å²) in [6.45, 7) is 9.27. The molecular formula is C17H27N7O. The number of hydrogen-bond donors (Lipinski definition) is 1. The lowest BCUT2D eigenvalue weighted by Crippen LogP contribution is -2.29. The molecule has 3 rings (SSSR count). The third-order valence-corrected chi connectivity index (χ3v) is 5.03. The molecule has 0 radical (unpaired) electrons. The van der Waals surface area contributed by atoms with Crippen LogP contribution in [-0.4, -0.2) is 48.4 Å². The largest absolute Gasteiger partial charge is 0.369 e. The number of aromatic nitrogens is 5. The Kier molecular flexibility index (Phi) is 4.89. The maximum Gasteiger partial charge on any atom is 0.222 e. The van der Waals surface area contributed by atoms with Crippen LogP contribution in [0.15, 0.2) is 12.5 Å². The highest BCUT2D eigenvalue weighted by atomic mass is 16.1. The number of rotatable bonds is 6. The van der Waals surface area contributed by atoms with Gasteiger partial charge in [0.25, 0.3) is 0 Å². The molecule has 1 aliphatic rings. The molecular weight excluding hydrogens is 318 g/mol. The number of aryl methyl sites for hydroxylation is 1. The summed E-state index contributed by atoms with van der Waals surface area (Å²) in [5, 5.41) is 8.64. The number of carbonyl (C=O) groups excluding carboxylic acids is 1. The summed E-state index contributed by atoms with van der Waals surface area (Å²) in [5.74, 6) is 1.06. The van der Waals surface area contributed by atoms with Crippen molar-refractivity contribution >= 4 is 5.91 Å². The van der Waals surface area contributed by atoms with Gasteiger partial charge in [-0.3, -0.25) is 14.4 Å². The van der Waals surface area contributed by atoms with E-state index in [0.717, 1.165) is 30.2 Å². The average Bonchev–Trinajstić information content (AvgIpc) is 3.21. The Labute approximate surface area is 148 Å². The number of nitrogens with two attached hydrogens (primary N) is 1. The van der Waals surface area contributed by atoms with Crippen molar-refractivity contribution in [2.45, 2.75) is 39.8 Å². The van der Waals surface area contributed by atoms with Gasteiger partial charge in [-0.25, -0.2) is 9.67 Å². The first kappa shape index (κ1) is 17.6. The summed E-state index contributed by atoms with van der Waals surface area (Å²) in [4.78, 5) is 18.6. The zero-order valence-electron chi connectivity index (χ0n) is 15.4. The Balaban J connectivity index is 1.78. The minimum Gasteiger partial charge on any atom is -0.369 e. The maximum absolute atomic E-state index is 12.0. The average molecular weight is 345 g/mol. The van der Waals surface area contributed by atoms with Gasteiger partial charge in [0.05, 0.1) is 18.7 Å². The molecule has 1 amide bonds. The number of nitrogens with zero attached hydrogens (tertiary/aromatic N) is 6. The second-order valence-corrected chi connectivity index (χ2v) is 7.37. The summed E-state index contributed by atoms with van der Waals surface area (Å²) in [6, 6.07) is 0. The maximum atomic E-state index is 12.0. The SMILES string of the molecule is Cc1c([C@H]2CN(Cc3ncnn3CC(C)C)C[C@@H]2C(N)=O)cnn1C. The Morgan fingerprint density at radius 1 is 1.36 bits per heavy atom. The Hall–Kier alpha value is -2.22. The molecule has 0 saturated carbocycles. The molecule has 2 atom stereocenters. The molecule has 0 spiro atoms. The monoisotopic (exact) mass is 345 g/mol. The zero-order valence-corrected chi connectivity index (χ0v) is 15.4. The predicted octanol–water partition coefficient (Wildman–Crippen LogP) is 0.677. The van der Waals surface area contributed by atoms with E-state index in [1.807, 2.05) is 29.5 Å². The molecule has 3 heterocycles. The molecule has 0 unspecified atom stereocenters. The van der Waals surface area contributed by atoms with Gasteiger partial charge in [0.2, 0.25) is 5.91 Å². The van der Waals surface area contributed by atoms with Crippen molar-refractivity contribution in [3.8, 4) is 0 Å². The smallest absolute Gasteiger partial charge is 0.222 e. The second kappa shape index (κ2) is 6.95. The Morgan fingerprint density at radius 3 is 2.72 bits per heavy atom. The van der Waals surface area contributed by atoms with Gasteiger partial charge in [-0.15, -0.1) is 0 Å². The predicted molar refractivity (Wildman–Crippen MR) is 93.5 cm³/mol. The molecule has 1 fully saturated rings. The van der Waals surface area contributed by atoms with Crippen LogP contribution in [0.25, 0.3) is 0 Å². The molecule has 25 heavy (non-hydrogen) atoms. The highest BCUT2D eigenvalue weighted by Gasteiger charge is 2.39. The lowest BCUT2D eigenvalue weighted by Gasteiger charge is -2.16. The number of carbonyl (C=O) groups is 1. The molecule has 1 saturated heterocycles. The van der Waals surface area contributed by atoms with Crippen molar-refractivity contribution in [3.63, 3.8) is 0 Å². The van der Waals surface area contributed by atoms with Crippen molar-refractivity contribution in [2.75, 3.05) is 13.1 Å². The normalized spacial score (nSPS) is 21.3. The summed E-state index contributed by atoms with van der Waals surface area (Å²) >= 11 is 0. The molecule has 0 aromatic carbocycles. The van der Waals surface area contributed by atoms with E-state index in [1.54, 1.807) is 6.33 Å². The summed E-state index contributed by atoms with van der Waals surface area (Å²) in [7, 11) is 1.92. The molecule has 2 aromatic heterocycles. The van der Waals surface area contributed by atoms with Gasteiger partial charge >= 0.3 is 0 Å². The van der Waals surface area contributed by atoms with Crippen LogP contribution >= 0.6 is 0 Å². The molecule has 1 aliphatic heterocycles. The number of amides is 1. The van der Waals surface area contributed by atoms with Gasteiger partial charge in [0.15, 0.2) is 0 Å². The zero-order chi connectivity index (χ0) is 18.1. The highest BCUT2D eigenvalue weighted by molar-refractivity contribution is 5.78. The Bertz CT molecular complexity index is 748. The third kappa shape index (κ3) is 3.58. The minimum atomic E-state index is -0.251. The van der Waals surface area contributed by atoms with Crippen LogP contribution in [0, 0.1) is 18.8 Å². The number of likely N-dealkylation sites (tertiary alicyclic amines) is 1. The fourth-order valence-electron chi connectivity index (χ4n) is 3.61. The topological polar surface area (TPSA) is 94.9 Å². The van der Waals surface area contributed by atoms with Gasteiger partial charge in [0, 0.05) is 38.3 Å². The molecule has 2 aromatic rings. The van der Waals surface area contributed by atoms with Gasteiger partial charge in [-0.05, 0) is 18.4 Å². The van der Waals surface area contributed by atoms with E-state index in [0.29, 0.717) is 19.0 Å². The van der Waals surface area contributed by atoms with Crippen molar-refractivity contribution in [1.82, 2.24) is 29.4 Å². The molecule has 2 N–H and O–H groups in total. The minimum absolute atomic E-state index is 0.0765. The van der Waals surface area contributed by atoms with E-state index in [-0.39, 0.29) is 17.7 Å². The van der Waals surface area contributed by atoms with Crippen molar-refractivity contribution in [3.05, 3.63) is 29.6 Å². The van der Waals surface area contributed by atoms with Gasteiger partial charge in [-0.1, -0.05) is 13.8 Å². The van der Waals surface area contributed by atoms with Crippen LogP contribution in [-0.2, 0) is 24.9 Å². The Morgan fingerprint density at radius 2 is 2.12 bits per heavy atom. The summed E-state index contributed by atoms with van der Waals surface area (Å²) in [5.41, 5.74) is 7.88. The van der Waals surface area contributed by atoms with Gasteiger partial charge in [-0.2, -0.15) is 10.2 Å². The van der Waals surface area contributed by atoms with E-state index in [2.05, 4.69) is 33.9 Å². The van der Waals surface area contributed by atoms with Crippen LogP contribution in [0.1, 0.15) is 36.8 Å². The van der Waals surface area contributed by atoms with Crippen LogP contribution in [0.2, 0.25) is 0 Å². The molecule has 136 valence electrons. The third-order valence-electron chi connectivity index (χ3n) is 5.03. The fraction of sp³-hybridized carbons (Fsp3) is 0.647. The standard InChI is InChI=1S/C17H27N7O/c1-11(2)6-24-16(19-10-21-24)9-23-7-14(15(8-23)17(18)25)13-5-20-22(4)12(13)3/h5,10-11,14-15H,6-9H2,1-4H3,(H2,18,25)/t14-,15+/m1/s1. The summed E-state index contributed by atoms with van der Waals surface area (Å²) < 4.78 is 3.79. The molecule has 8 heteroatoms. The van der Waals surface area contributed by atoms with Crippen LogP contribution in [0.3, 0.4) is 0 Å². The van der Waals surface area contributed by atoms with Crippen molar-refractivity contribution in [1.29, 1.82) is 0 Å². The fourth-order valence-corrected chi connectivity index (χ4v) is 3.61. The molecule has 0 bridgehead atoms. The van der Waals surface area contributed by atoms with Gasteiger partial charge < -0.3 is 5.73 Å². The highest BCUT2D eigenvalue weighted by Crippen LogP contribution is 2.34. The quantitative estimate of drug-likeness (QED) is 0.830. The van der Waals surface area contributed by atoms with Crippen molar-refractivity contribution < 1.29 is 4.79 Å². The van der Waals surface area contributed by atoms with E-state index in [4.69, 9.17) is 5.73 Å². The number of primary amides is 1. The number of hydrogen-bond acceptors (Lipinski definition) is 5. The summed E-state index contributed by atoms with van der Waals surface area (Å²) in [6.07, 6.45) is 3.46. The van der Waals surface area contributed by atoms with E-state index >= 15 is 0 Å². The van der Waals surface area contributed by atoms with Crippen LogP contribution in [0.4, 0.5) is 0 Å².